The molecule has 0 unspecified atom stereocenters. The summed E-state index contributed by atoms with van der Waals surface area (Å²) in [6.45, 7) is 4.90. The second kappa shape index (κ2) is 8.47. The van der Waals surface area contributed by atoms with Crippen LogP contribution in [0.1, 0.15) is 30.9 Å². The number of hydrogen-bond donors (Lipinski definition) is 0. The molecule has 1 heterocycles. The van der Waals surface area contributed by atoms with Gasteiger partial charge in [-0.1, -0.05) is 26.0 Å². The standard InChI is InChI=1S/C21H25F3N2O3S/c1-15(2)16-7-8-19(29-3)20(13-16)30(27,28)26-11-9-25(10-12-26)18-6-4-5-17(14-18)21(22,23)24/h4-8,13-15H,9-12H2,1-3H3. The molecule has 0 saturated carbocycles. The van der Waals surface area contributed by atoms with Crippen LogP contribution in [0.2, 0.25) is 0 Å². The van der Waals surface area contributed by atoms with Crippen molar-refractivity contribution in [3.8, 4) is 5.75 Å². The van der Waals surface area contributed by atoms with Crippen LogP contribution in [-0.2, 0) is 16.2 Å². The number of hydrogen-bond acceptors (Lipinski definition) is 4. The number of sulfonamides is 1. The van der Waals surface area contributed by atoms with E-state index in [-0.39, 0.29) is 29.7 Å². The summed E-state index contributed by atoms with van der Waals surface area (Å²) in [6.07, 6.45) is -4.42. The summed E-state index contributed by atoms with van der Waals surface area (Å²) in [6, 6.07) is 10.2. The van der Waals surface area contributed by atoms with Gasteiger partial charge in [-0.3, -0.25) is 0 Å². The normalized spacial score (nSPS) is 16.2. The maximum atomic E-state index is 13.2. The quantitative estimate of drug-likeness (QED) is 0.691. The van der Waals surface area contributed by atoms with E-state index < -0.39 is 21.8 Å². The lowest BCUT2D eigenvalue weighted by atomic mass is 10.0. The second-order valence-corrected chi connectivity index (χ2v) is 9.41. The fraction of sp³-hybridized carbons (Fsp3) is 0.429. The van der Waals surface area contributed by atoms with Gasteiger partial charge in [0.25, 0.3) is 0 Å². The molecule has 0 aromatic heterocycles. The number of rotatable bonds is 5. The minimum absolute atomic E-state index is 0.115. The van der Waals surface area contributed by atoms with E-state index in [1.807, 2.05) is 19.9 Å². The van der Waals surface area contributed by atoms with Crippen molar-refractivity contribution in [3.63, 3.8) is 0 Å². The summed E-state index contributed by atoms with van der Waals surface area (Å²) in [5.74, 6) is 0.433. The Morgan fingerprint density at radius 3 is 2.23 bits per heavy atom. The van der Waals surface area contributed by atoms with Gasteiger partial charge in [-0.2, -0.15) is 17.5 Å². The molecule has 2 aromatic carbocycles. The lowest BCUT2D eigenvalue weighted by Gasteiger charge is -2.35. The molecule has 30 heavy (non-hydrogen) atoms. The highest BCUT2D eigenvalue weighted by molar-refractivity contribution is 7.89. The number of nitrogens with zero attached hydrogens (tertiary/aromatic N) is 2. The Hall–Kier alpha value is -2.26. The number of piperazine rings is 1. The van der Waals surface area contributed by atoms with Crippen molar-refractivity contribution in [1.82, 2.24) is 4.31 Å². The number of methoxy groups -OCH3 is 1. The highest BCUT2D eigenvalue weighted by atomic mass is 32.2. The molecule has 1 aliphatic rings. The molecule has 0 bridgehead atoms. The van der Waals surface area contributed by atoms with E-state index in [2.05, 4.69) is 0 Å². The fourth-order valence-electron chi connectivity index (χ4n) is 3.46. The third-order valence-corrected chi connectivity index (χ3v) is 7.17. The maximum absolute atomic E-state index is 13.2. The van der Waals surface area contributed by atoms with Crippen LogP contribution in [-0.4, -0.2) is 46.0 Å². The number of anilines is 1. The predicted octanol–water partition coefficient (Wildman–Crippen LogP) is 4.35. The summed E-state index contributed by atoms with van der Waals surface area (Å²) >= 11 is 0. The first-order valence-corrected chi connectivity index (χ1v) is 11.1. The molecule has 2 aromatic rings. The van der Waals surface area contributed by atoms with Gasteiger partial charge < -0.3 is 9.64 Å². The third-order valence-electron chi connectivity index (χ3n) is 5.25. The van der Waals surface area contributed by atoms with Crippen molar-refractivity contribution in [2.75, 3.05) is 38.2 Å². The van der Waals surface area contributed by atoms with Gasteiger partial charge in [0.15, 0.2) is 0 Å². The van der Waals surface area contributed by atoms with Crippen molar-refractivity contribution in [2.24, 2.45) is 0 Å². The van der Waals surface area contributed by atoms with Gasteiger partial charge in [-0.05, 0) is 41.8 Å². The van der Waals surface area contributed by atoms with Crippen molar-refractivity contribution in [3.05, 3.63) is 53.6 Å². The Balaban J connectivity index is 1.80. The molecule has 9 heteroatoms. The van der Waals surface area contributed by atoms with Crippen LogP contribution in [0.15, 0.2) is 47.4 Å². The maximum Gasteiger partial charge on any atom is 0.416 e. The highest BCUT2D eigenvalue weighted by Gasteiger charge is 2.33. The summed E-state index contributed by atoms with van der Waals surface area (Å²) in [5, 5.41) is 0. The SMILES string of the molecule is COc1ccc(C(C)C)cc1S(=O)(=O)N1CCN(c2cccc(C(F)(F)F)c2)CC1. The minimum Gasteiger partial charge on any atom is -0.495 e. The summed E-state index contributed by atoms with van der Waals surface area (Å²) < 4.78 is 72.1. The molecule has 3 rings (SSSR count). The first-order valence-electron chi connectivity index (χ1n) is 9.64. The second-order valence-electron chi connectivity index (χ2n) is 7.50. The Labute approximate surface area is 175 Å². The van der Waals surface area contributed by atoms with Crippen molar-refractivity contribution < 1.29 is 26.3 Å². The lowest BCUT2D eigenvalue weighted by molar-refractivity contribution is -0.137. The monoisotopic (exact) mass is 442 g/mol. The van der Waals surface area contributed by atoms with Gasteiger partial charge in [-0.15, -0.1) is 0 Å². The molecule has 0 radical (unpaired) electrons. The molecule has 1 saturated heterocycles. The zero-order chi connectivity index (χ0) is 22.1. The zero-order valence-electron chi connectivity index (χ0n) is 17.1. The first kappa shape index (κ1) is 22.4. The zero-order valence-corrected chi connectivity index (χ0v) is 17.9. The van der Waals surface area contributed by atoms with Gasteiger partial charge in [0, 0.05) is 31.9 Å². The molecule has 1 fully saturated rings. The van der Waals surface area contributed by atoms with Crippen molar-refractivity contribution in [2.45, 2.75) is 30.8 Å². The molecular weight excluding hydrogens is 417 g/mol. The van der Waals surface area contributed by atoms with E-state index in [0.717, 1.165) is 17.7 Å². The number of benzene rings is 2. The van der Waals surface area contributed by atoms with Crippen molar-refractivity contribution in [1.29, 1.82) is 0 Å². The largest absolute Gasteiger partial charge is 0.495 e. The molecular formula is C21H25F3N2O3S. The fourth-order valence-corrected chi connectivity index (χ4v) is 5.07. The lowest BCUT2D eigenvalue weighted by Crippen LogP contribution is -2.48. The Morgan fingerprint density at radius 2 is 1.67 bits per heavy atom. The molecule has 5 nitrogen and oxygen atoms in total. The molecule has 164 valence electrons. The molecule has 0 aliphatic carbocycles. The number of ether oxygens (including phenoxy) is 1. The van der Waals surface area contributed by atoms with Gasteiger partial charge in [0.1, 0.15) is 10.6 Å². The van der Waals surface area contributed by atoms with Gasteiger partial charge in [-0.25, -0.2) is 8.42 Å². The van der Waals surface area contributed by atoms with Crippen LogP contribution >= 0.6 is 0 Å². The van der Waals surface area contributed by atoms with Gasteiger partial charge in [0.05, 0.1) is 12.7 Å². The van der Waals surface area contributed by atoms with Crippen LogP contribution < -0.4 is 9.64 Å². The van der Waals surface area contributed by atoms with E-state index in [4.69, 9.17) is 4.74 Å². The predicted molar refractivity (Wildman–Crippen MR) is 109 cm³/mol. The van der Waals surface area contributed by atoms with Crippen molar-refractivity contribution >= 4 is 15.7 Å². The van der Waals surface area contributed by atoms with Crippen LogP contribution in [0.3, 0.4) is 0 Å². The molecule has 1 aliphatic heterocycles. The molecule has 0 amide bonds. The highest BCUT2D eigenvalue weighted by Crippen LogP contribution is 2.33. The topological polar surface area (TPSA) is 49.9 Å². The first-order chi connectivity index (χ1) is 14.0. The Morgan fingerprint density at radius 1 is 1.00 bits per heavy atom. The average molecular weight is 443 g/mol. The smallest absolute Gasteiger partial charge is 0.416 e. The summed E-state index contributed by atoms with van der Waals surface area (Å²) in [5.41, 5.74) is 0.600. The van der Waals surface area contributed by atoms with Crippen LogP contribution in [0.5, 0.6) is 5.75 Å². The van der Waals surface area contributed by atoms with Crippen LogP contribution in [0, 0.1) is 0 Å². The third kappa shape index (κ3) is 4.57. The molecule has 0 N–H and O–H groups in total. The van der Waals surface area contributed by atoms with E-state index in [0.29, 0.717) is 18.8 Å². The average Bonchev–Trinajstić information content (AvgIpc) is 2.72. The van der Waals surface area contributed by atoms with E-state index in [9.17, 15) is 21.6 Å². The molecule has 0 atom stereocenters. The van der Waals surface area contributed by atoms with E-state index in [1.165, 1.54) is 17.5 Å². The van der Waals surface area contributed by atoms with Gasteiger partial charge in [0.2, 0.25) is 10.0 Å². The number of alkyl halides is 3. The Bertz CT molecular complexity index is 999. The summed E-state index contributed by atoms with van der Waals surface area (Å²) in [7, 11) is -2.37. The minimum atomic E-state index is -4.42. The Kier molecular flexibility index (Phi) is 6.33. The van der Waals surface area contributed by atoms with E-state index >= 15 is 0 Å². The molecule has 0 spiro atoms. The van der Waals surface area contributed by atoms with E-state index in [1.54, 1.807) is 23.1 Å². The van der Waals surface area contributed by atoms with Crippen LogP contribution in [0.4, 0.5) is 18.9 Å². The summed E-state index contributed by atoms with van der Waals surface area (Å²) in [4.78, 5) is 1.88. The van der Waals surface area contributed by atoms with Crippen LogP contribution in [0.25, 0.3) is 0 Å². The van der Waals surface area contributed by atoms with Gasteiger partial charge >= 0.3 is 6.18 Å². The number of halogens is 3.